The Bertz CT molecular complexity index is 280. The summed E-state index contributed by atoms with van der Waals surface area (Å²) < 4.78 is 6.50. The van der Waals surface area contributed by atoms with Crippen LogP contribution in [0.2, 0.25) is 0 Å². The molecule has 0 aromatic carbocycles. The number of carbonyl (C=O) groups is 1. The van der Waals surface area contributed by atoms with E-state index in [1.807, 2.05) is 20.8 Å². The molecule has 1 atom stereocenters. The molecule has 0 aromatic heterocycles. The van der Waals surface area contributed by atoms with Crippen molar-refractivity contribution < 1.29 is 30.7 Å². The van der Waals surface area contributed by atoms with E-state index in [0.717, 1.165) is 11.0 Å². The van der Waals surface area contributed by atoms with E-state index in [4.69, 9.17) is 11.3 Å². The summed E-state index contributed by atoms with van der Waals surface area (Å²) in [6.45, 7) is 12.3. The van der Waals surface area contributed by atoms with Crippen LogP contribution >= 0.6 is 0 Å². The normalized spacial score (nSPS) is 22.5. The molecule has 1 rings (SSSR count). The van der Waals surface area contributed by atoms with Gasteiger partial charge in [0.25, 0.3) is 0 Å². The molecule has 4 nitrogen and oxygen atoms in total. The molecule has 1 saturated heterocycles. The molecule has 1 fully saturated rings. The summed E-state index contributed by atoms with van der Waals surface area (Å²) in [7, 11) is 0. The van der Waals surface area contributed by atoms with Gasteiger partial charge >= 0.3 is 101 Å². The van der Waals surface area contributed by atoms with Gasteiger partial charge in [0, 0.05) is 0 Å². The number of alkyl halides is 2. The van der Waals surface area contributed by atoms with E-state index in [1.54, 1.807) is 4.90 Å². The first-order chi connectivity index (χ1) is 6.92. The molecule has 5 heteroatoms. The molecule has 0 unspecified atom stereocenters. The van der Waals surface area contributed by atoms with E-state index in [2.05, 4.69) is 4.85 Å². The van der Waals surface area contributed by atoms with Crippen molar-refractivity contribution in [3.63, 3.8) is 0 Å². The van der Waals surface area contributed by atoms with Crippen molar-refractivity contribution in [1.82, 2.24) is 4.90 Å². The van der Waals surface area contributed by atoms with Crippen LogP contribution in [-0.4, -0.2) is 38.2 Å². The standard InChI is InChI=1S/C10H17IN2O2/c1-10(2,3)15-9(14)13-6-5-11-8(7-13)12-4/h4,8H,5-7H2,1-3H3/t8-/m1/s1. The van der Waals surface area contributed by atoms with Crippen molar-refractivity contribution >= 4 is 6.09 Å². The van der Waals surface area contributed by atoms with Crippen LogP contribution in [-0.2, 0) is 4.74 Å². The molecule has 1 heterocycles. The van der Waals surface area contributed by atoms with Gasteiger partial charge in [-0.3, -0.25) is 0 Å². The van der Waals surface area contributed by atoms with Gasteiger partial charge in [0.15, 0.2) is 0 Å². The van der Waals surface area contributed by atoms with Gasteiger partial charge in [-0.15, -0.1) is 0 Å². The summed E-state index contributed by atoms with van der Waals surface area (Å²) in [4.78, 5) is 17.2. The Morgan fingerprint density at radius 3 is 2.80 bits per heavy atom. The zero-order chi connectivity index (χ0) is 11.5. The number of amides is 1. The number of nitrogens with zero attached hydrogens (tertiary/aromatic N) is 2. The van der Waals surface area contributed by atoms with Gasteiger partial charge in [-0.05, 0) is 0 Å². The Kier molecular flexibility index (Phi) is 4.20. The summed E-state index contributed by atoms with van der Waals surface area (Å²) in [6, 6.07) is 0. The predicted molar refractivity (Wildman–Crippen MR) is 54.8 cm³/mol. The molecule has 1 aliphatic rings. The number of carbonyl (C=O) groups excluding carboxylic acids is 1. The number of hydrogen-bond donors (Lipinski definition) is 0. The zero-order valence-electron chi connectivity index (χ0n) is 9.36. The van der Waals surface area contributed by atoms with Crippen molar-refractivity contribution in [1.29, 1.82) is 0 Å². The molecule has 0 saturated carbocycles. The number of hydrogen-bond acceptors (Lipinski definition) is 2. The Labute approximate surface area is 101 Å². The van der Waals surface area contributed by atoms with Crippen LogP contribution in [0.15, 0.2) is 0 Å². The second-order valence-corrected chi connectivity index (χ2v) is 7.75. The molecule has 0 spiro atoms. The summed E-state index contributed by atoms with van der Waals surface area (Å²) in [6.07, 6.45) is -0.250. The van der Waals surface area contributed by atoms with Gasteiger partial charge in [-0.1, -0.05) is 0 Å². The van der Waals surface area contributed by atoms with E-state index >= 15 is 0 Å². The van der Waals surface area contributed by atoms with Gasteiger partial charge in [0.1, 0.15) is 0 Å². The fourth-order valence-electron chi connectivity index (χ4n) is 1.18. The number of ether oxygens (including phenoxy) is 1. The SMILES string of the molecule is C#[N+][C@@H]1CN(C(=O)OC(C)(C)C)CC[I-]1. The third-order valence-corrected chi connectivity index (χ3v) is 4.66. The van der Waals surface area contributed by atoms with Gasteiger partial charge < -0.3 is 0 Å². The fourth-order valence-corrected chi connectivity index (χ4v) is 3.74. The van der Waals surface area contributed by atoms with E-state index < -0.39 is 5.60 Å². The first kappa shape index (κ1) is 12.6. The van der Waals surface area contributed by atoms with Crippen LogP contribution in [0.1, 0.15) is 20.8 Å². The topological polar surface area (TPSA) is 33.9 Å². The molecule has 1 amide bonds. The average Bonchev–Trinajstić information content (AvgIpc) is 2.15. The quantitative estimate of drug-likeness (QED) is 0.313. The predicted octanol–water partition coefficient (Wildman–Crippen LogP) is -1.39. The van der Waals surface area contributed by atoms with Gasteiger partial charge in [0.2, 0.25) is 0 Å². The Balaban J connectivity index is 2.50. The van der Waals surface area contributed by atoms with Gasteiger partial charge in [-0.25, -0.2) is 0 Å². The van der Waals surface area contributed by atoms with Crippen LogP contribution in [0.3, 0.4) is 0 Å². The van der Waals surface area contributed by atoms with Crippen molar-refractivity contribution in [2.45, 2.75) is 30.4 Å². The number of halogens is 1. The second-order valence-electron chi connectivity index (χ2n) is 4.35. The molecular weight excluding hydrogens is 307 g/mol. The van der Waals surface area contributed by atoms with Crippen LogP contribution < -0.4 is 21.2 Å². The maximum absolute atomic E-state index is 11.7. The van der Waals surface area contributed by atoms with Crippen LogP contribution in [0, 0.1) is 6.57 Å². The van der Waals surface area contributed by atoms with Gasteiger partial charge in [0.05, 0.1) is 0 Å². The molecule has 1 aliphatic heterocycles. The Hall–Kier alpha value is -0.510. The minimum atomic E-state index is -0.432. The van der Waals surface area contributed by atoms with E-state index in [9.17, 15) is 4.79 Å². The summed E-state index contributed by atoms with van der Waals surface area (Å²) >= 11 is 0.0208. The first-order valence-corrected chi connectivity index (χ1v) is 7.65. The van der Waals surface area contributed by atoms with Crippen molar-refractivity contribution in [2.24, 2.45) is 0 Å². The molecule has 0 N–H and O–H groups in total. The van der Waals surface area contributed by atoms with Crippen LogP contribution in [0.5, 0.6) is 0 Å². The van der Waals surface area contributed by atoms with Crippen molar-refractivity contribution in [3.8, 4) is 6.57 Å². The zero-order valence-corrected chi connectivity index (χ0v) is 11.5. The Morgan fingerprint density at radius 2 is 2.27 bits per heavy atom. The summed E-state index contributed by atoms with van der Waals surface area (Å²) in [5.74, 6) is 0. The van der Waals surface area contributed by atoms with Crippen molar-refractivity contribution in [2.75, 3.05) is 17.5 Å². The summed E-state index contributed by atoms with van der Waals surface area (Å²) in [5.41, 5.74) is -0.432. The molecule has 0 radical (unpaired) electrons. The number of rotatable bonds is 0. The Morgan fingerprint density at radius 1 is 1.60 bits per heavy atom. The van der Waals surface area contributed by atoms with Gasteiger partial charge in [-0.2, -0.15) is 0 Å². The molecule has 0 bridgehead atoms. The molecule has 0 aromatic rings. The second kappa shape index (κ2) is 5.01. The third kappa shape index (κ3) is 4.24. The molecule has 0 aliphatic carbocycles. The average molecular weight is 324 g/mol. The monoisotopic (exact) mass is 324 g/mol. The molecule has 86 valence electrons. The molecule has 15 heavy (non-hydrogen) atoms. The van der Waals surface area contributed by atoms with E-state index in [0.29, 0.717) is 6.54 Å². The summed E-state index contributed by atoms with van der Waals surface area (Å²) in [5, 5.41) is 0. The third-order valence-electron chi connectivity index (χ3n) is 1.83. The van der Waals surface area contributed by atoms with Crippen LogP contribution in [0.4, 0.5) is 4.79 Å². The molecular formula is C10H17IN2O2. The van der Waals surface area contributed by atoms with E-state index in [-0.39, 0.29) is 31.3 Å². The van der Waals surface area contributed by atoms with Crippen LogP contribution in [0.25, 0.3) is 4.85 Å². The minimum absolute atomic E-state index is 0.0208. The van der Waals surface area contributed by atoms with E-state index in [1.165, 1.54) is 0 Å². The van der Waals surface area contributed by atoms with Crippen molar-refractivity contribution in [3.05, 3.63) is 4.85 Å². The fraction of sp³-hybridized carbons (Fsp3) is 0.800. The maximum atomic E-state index is 11.7. The first-order valence-electron chi connectivity index (χ1n) is 4.88.